The van der Waals surface area contributed by atoms with Gasteiger partial charge in [-0.05, 0) is 133 Å². The van der Waals surface area contributed by atoms with E-state index in [-0.39, 0.29) is 107 Å². The smallest absolute Gasteiger partial charge is 0.305 e. The third kappa shape index (κ3) is 42.8. The van der Waals surface area contributed by atoms with Gasteiger partial charge in [0.1, 0.15) is 66.2 Å². The van der Waals surface area contributed by atoms with Crippen LogP contribution in [0.2, 0.25) is 0 Å². The Morgan fingerprint density at radius 3 is 1.29 bits per heavy atom. The predicted molar refractivity (Wildman–Crippen MR) is 403 cm³/mol. The molecule has 0 bridgehead atoms. The lowest BCUT2D eigenvalue weighted by molar-refractivity contribution is -0.142. The molecule has 0 aliphatic rings. The molecular weight excluding hydrogens is 1380 g/mol. The van der Waals surface area contributed by atoms with Crippen molar-refractivity contribution in [2.75, 3.05) is 38.2 Å². The van der Waals surface area contributed by atoms with Gasteiger partial charge >= 0.3 is 5.97 Å². The number of carbonyl (C=O) groups excluding carboxylic acids is 11. The third-order valence-electron chi connectivity index (χ3n) is 17.5. The molecule has 11 atom stereocenters. The van der Waals surface area contributed by atoms with Crippen LogP contribution >= 0.6 is 11.8 Å². The number of rotatable bonds is 61. The van der Waals surface area contributed by atoms with Crippen molar-refractivity contribution in [1.82, 2.24) is 58.5 Å². The maximum atomic E-state index is 14.5. The maximum Gasteiger partial charge on any atom is 0.305 e. The summed E-state index contributed by atoms with van der Waals surface area (Å²) in [6.07, 6.45) is 17.9. The Balaban J connectivity index is 3.43. The van der Waals surface area contributed by atoms with E-state index in [4.69, 9.17) is 28.3 Å². The Labute approximate surface area is 624 Å². The fourth-order valence-corrected chi connectivity index (χ4v) is 11.9. The first kappa shape index (κ1) is 95.1. The summed E-state index contributed by atoms with van der Waals surface area (Å²) in [6, 6.07) is -9.20. The van der Waals surface area contributed by atoms with Gasteiger partial charge in [0.2, 0.25) is 65.0 Å². The second-order valence-electron chi connectivity index (χ2n) is 27.3. The highest BCUT2D eigenvalue weighted by Crippen LogP contribution is 2.17. The minimum Gasteiger partial charge on any atom is -0.508 e. The van der Waals surface area contributed by atoms with Gasteiger partial charge in [-0.15, -0.1) is 0 Å². The van der Waals surface area contributed by atoms with Crippen LogP contribution in [0.25, 0.3) is 0 Å². The number of aliphatic carboxylic acids is 1. The molecule has 1 aromatic rings. The Hall–Kier alpha value is -7.88. The van der Waals surface area contributed by atoms with Crippen LogP contribution in [0.1, 0.15) is 226 Å². The first-order valence-electron chi connectivity index (χ1n) is 37.6. The summed E-state index contributed by atoms with van der Waals surface area (Å²) in [4.78, 5) is 165. The second-order valence-corrected chi connectivity index (χ2v) is 28.3. The number of unbranched alkanes of at least 4 members (excludes halogenated alkanes) is 16. The quantitative estimate of drug-likeness (QED) is 0.0250. The van der Waals surface area contributed by atoms with E-state index in [1.54, 1.807) is 20.1 Å². The van der Waals surface area contributed by atoms with E-state index in [0.717, 1.165) is 39.0 Å². The molecule has 24 N–H and O–H groups in total. The number of guanidine groups is 1. The molecule has 0 aliphatic heterocycles. The number of phenolic OH excluding ortho intramolecular Hbond substituents is 1. The standard InChI is InChI=1S/C72H128N16O16S/c1-7-9-11-12-13-14-15-16-17-18-19-20-22-32-59(92)79-50(29-23-25-38-73)63(96)80-51(28-21-10-8-2)65(98)85-56(42-46(3)4)68(101)82-53(31-27-40-78-72(76)77)66(99)87-58(45-89)70(103)83-54(37-41-105-6)67(100)88-61(47(5)90)71(104)86-57(44-60(93)94)69(102)81-52(30-24-26-39-74)64(97)84-55(62(75)95)43-48-33-35-49(91)36-34-48/h33-36,46-47,50-58,61,89-91H,7-32,37-45,73-74H2,1-6H3,(H2,75,95)(H,79,92)(H,80,96)(H,81,102)(H,82,101)(H,83,103)(H,84,97)(H,85,98)(H,86,104)(H,87,99)(H,88,100)(H,93,94)(H4,76,77,78)/t47-,50+,51+,52+,53+,54+,55+,56+,57+,58+,61+/m1/s1. The van der Waals surface area contributed by atoms with Gasteiger partial charge in [0, 0.05) is 19.4 Å². The van der Waals surface area contributed by atoms with Crippen molar-refractivity contribution in [3.05, 3.63) is 29.8 Å². The van der Waals surface area contributed by atoms with E-state index in [9.17, 15) is 78.0 Å². The molecule has 0 aromatic heterocycles. The second kappa shape index (κ2) is 56.5. The number of hydrogen-bond acceptors (Lipinski definition) is 19. The number of benzene rings is 1. The summed E-state index contributed by atoms with van der Waals surface area (Å²) in [5, 5.41) is 76.9. The van der Waals surface area contributed by atoms with Crippen molar-refractivity contribution in [3.63, 3.8) is 0 Å². The predicted octanol–water partition coefficient (Wildman–Crippen LogP) is 1.50. The minimum absolute atomic E-state index is 0.0435. The van der Waals surface area contributed by atoms with Crippen LogP contribution in [0.5, 0.6) is 5.75 Å². The number of phenols is 1. The molecule has 0 spiro atoms. The van der Waals surface area contributed by atoms with E-state index >= 15 is 0 Å². The number of carbonyl (C=O) groups is 12. The lowest BCUT2D eigenvalue weighted by atomic mass is 10.00. The molecule has 1 rings (SSSR count). The minimum atomic E-state index is -1.95. The zero-order valence-electron chi connectivity index (χ0n) is 62.9. The van der Waals surface area contributed by atoms with Crippen molar-refractivity contribution in [2.45, 2.75) is 294 Å². The summed E-state index contributed by atoms with van der Waals surface area (Å²) in [5.74, 6) is -12.0. The molecule has 0 unspecified atom stereocenters. The van der Waals surface area contributed by atoms with Gasteiger partial charge in [-0.1, -0.05) is 136 Å². The molecule has 0 fully saturated rings. The molecule has 0 heterocycles. The van der Waals surface area contributed by atoms with Gasteiger partial charge in [-0.25, -0.2) is 0 Å². The van der Waals surface area contributed by atoms with Gasteiger partial charge in [-0.3, -0.25) is 62.9 Å². The first-order chi connectivity index (χ1) is 50.0. The van der Waals surface area contributed by atoms with E-state index in [1.807, 2.05) is 6.92 Å². The lowest BCUT2D eigenvalue weighted by Crippen LogP contribution is -2.62. The molecule has 33 heteroatoms. The fourth-order valence-electron chi connectivity index (χ4n) is 11.5. The normalized spacial score (nSPS) is 14.4. The van der Waals surface area contributed by atoms with E-state index in [0.29, 0.717) is 50.6 Å². The van der Waals surface area contributed by atoms with Crippen LogP contribution in [0.15, 0.2) is 24.3 Å². The van der Waals surface area contributed by atoms with Crippen molar-refractivity contribution in [1.29, 1.82) is 5.41 Å². The number of aromatic hydroxyl groups is 1. The molecular formula is C72H128N16O16S. The van der Waals surface area contributed by atoms with Gasteiger partial charge in [0.15, 0.2) is 5.96 Å². The Morgan fingerprint density at radius 2 is 0.848 bits per heavy atom. The molecule has 0 saturated heterocycles. The van der Waals surface area contributed by atoms with Crippen molar-refractivity contribution >= 4 is 88.7 Å². The summed E-state index contributed by atoms with van der Waals surface area (Å²) in [6.45, 7) is 8.43. The number of nitrogens with two attached hydrogens (primary N) is 4. The van der Waals surface area contributed by atoms with Crippen LogP contribution in [-0.4, -0.2) is 202 Å². The number of carboxylic acid groups (broad SMARTS) is 1. The number of primary amides is 1. The van der Waals surface area contributed by atoms with Crippen LogP contribution < -0.4 is 81.4 Å². The highest BCUT2D eigenvalue weighted by molar-refractivity contribution is 7.98. The molecule has 1 aromatic carbocycles. The molecule has 105 heavy (non-hydrogen) atoms. The average molecular weight is 1510 g/mol. The highest BCUT2D eigenvalue weighted by atomic mass is 32.2. The van der Waals surface area contributed by atoms with E-state index in [1.165, 1.54) is 87.4 Å². The number of nitrogens with one attached hydrogen (secondary N) is 12. The van der Waals surface area contributed by atoms with Crippen molar-refractivity contribution < 1.29 is 78.0 Å². The first-order valence-corrected chi connectivity index (χ1v) is 39.0. The van der Waals surface area contributed by atoms with Gasteiger partial charge in [0.05, 0.1) is 19.1 Å². The number of thioether (sulfide) groups is 1. The fraction of sp³-hybridized carbons (Fsp3) is 0.736. The molecule has 0 saturated carbocycles. The SMILES string of the molecule is CCCCCCCCCCCCCCCC(=O)N[C@@H](CCCCN)C(=O)N[C@@H](CCCCC)C(=O)N[C@@H](CC(C)C)C(=O)N[C@@H](CCCNC(=N)N)C(=O)N[C@@H](CO)C(=O)N[C@@H](CCSC)C(=O)N[C@H](C(=O)N[C@@H](CC(=O)O)C(=O)N[C@@H](CCCCN)C(=O)N[C@@H](Cc1ccc(O)cc1)C(N)=O)[C@@H](C)O. The van der Waals surface area contributed by atoms with Crippen LogP contribution in [0.4, 0.5) is 0 Å². The topological polar surface area (TPSA) is 546 Å². The number of hydrogen-bond donors (Lipinski definition) is 20. The number of carboxylic acids is 1. The van der Waals surface area contributed by atoms with E-state index in [2.05, 4.69) is 65.4 Å². The molecule has 11 amide bonds. The molecule has 32 nitrogen and oxygen atoms in total. The Kier molecular flexibility index (Phi) is 51.1. The lowest BCUT2D eigenvalue weighted by Gasteiger charge is -2.29. The maximum absolute atomic E-state index is 14.5. The number of amides is 11. The highest BCUT2D eigenvalue weighted by Gasteiger charge is 2.38. The number of aliphatic hydroxyl groups is 2. The van der Waals surface area contributed by atoms with Crippen LogP contribution in [0.3, 0.4) is 0 Å². The molecule has 0 aliphatic carbocycles. The average Bonchev–Trinajstić information content (AvgIpc) is 0.858. The summed E-state index contributed by atoms with van der Waals surface area (Å²) in [5.41, 5.74) is 23.1. The Bertz CT molecular complexity index is 2790. The van der Waals surface area contributed by atoms with Crippen molar-refractivity contribution in [2.24, 2.45) is 28.9 Å². The summed E-state index contributed by atoms with van der Waals surface area (Å²) < 4.78 is 0. The van der Waals surface area contributed by atoms with Crippen LogP contribution in [-0.2, 0) is 64.0 Å². The largest absolute Gasteiger partial charge is 0.508 e. The molecule has 0 radical (unpaired) electrons. The summed E-state index contributed by atoms with van der Waals surface area (Å²) >= 11 is 1.24. The van der Waals surface area contributed by atoms with Crippen LogP contribution in [0, 0.1) is 11.3 Å². The van der Waals surface area contributed by atoms with Gasteiger partial charge in [0.25, 0.3) is 0 Å². The Morgan fingerprint density at radius 1 is 0.467 bits per heavy atom. The zero-order valence-corrected chi connectivity index (χ0v) is 63.7. The third-order valence-corrected chi connectivity index (χ3v) is 18.2. The van der Waals surface area contributed by atoms with Gasteiger partial charge in [-0.2, -0.15) is 11.8 Å². The molecule has 598 valence electrons. The van der Waals surface area contributed by atoms with Crippen molar-refractivity contribution in [3.8, 4) is 5.75 Å². The zero-order chi connectivity index (χ0) is 78.7. The monoisotopic (exact) mass is 1500 g/mol. The summed E-state index contributed by atoms with van der Waals surface area (Å²) in [7, 11) is 0. The number of aliphatic hydroxyl groups excluding tert-OH is 2. The van der Waals surface area contributed by atoms with E-state index < -0.39 is 145 Å². The van der Waals surface area contributed by atoms with Gasteiger partial charge < -0.3 is 102 Å².